The van der Waals surface area contributed by atoms with Crippen molar-refractivity contribution in [3.8, 4) is 0 Å². The van der Waals surface area contributed by atoms with Gasteiger partial charge in [0.05, 0.1) is 12.2 Å². The Morgan fingerprint density at radius 3 is 2.50 bits per heavy atom. The summed E-state index contributed by atoms with van der Waals surface area (Å²) in [5.41, 5.74) is 0.595. The van der Waals surface area contributed by atoms with Crippen LogP contribution in [0, 0.1) is 40.4 Å². The molecule has 8 atom stereocenters. The monoisotopic (exact) mass is 458 g/mol. The summed E-state index contributed by atoms with van der Waals surface area (Å²) in [7, 11) is 1.85. The fourth-order valence-corrected chi connectivity index (χ4v) is 9.16. The van der Waals surface area contributed by atoms with Gasteiger partial charge in [-0.05, 0) is 123 Å². The molecule has 0 bridgehead atoms. The topological polar surface area (TPSA) is 46.5 Å². The van der Waals surface area contributed by atoms with Gasteiger partial charge in [-0.25, -0.2) is 0 Å². The van der Waals surface area contributed by atoms with Crippen molar-refractivity contribution in [3.63, 3.8) is 0 Å². The third-order valence-electron chi connectivity index (χ3n) is 10.5. The van der Waals surface area contributed by atoms with Crippen molar-refractivity contribution < 1.29 is 14.6 Å². The first kappa shape index (κ1) is 22.9. The van der Waals surface area contributed by atoms with Crippen molar-refractivity contribution in [1.82, 2.24) is 0 Å². The van der Waals surface area contributed by atoms with Crippen molar-refractivity contribution in [2.45, 2.75) is 77.2 Å². The van der Waals surface area contributed by atoms with Gasteiger partial charge in [-0.2, -0.15) is 0 Å². The van der Waals surface area contributed by atoms with E-state index in [0.29, 0.717) is 34.5 Å². The summed E-state index contributed by atoms with van der Waals surface area (Å²) in [5, 5.41) is 11.5. The molecule has 0 aromatic heterocycles. The average Bonchev–Trinajstić information content (AvgIpc) is 3.11. The van der Waals surface area contributed by atoms with Crippen LogP contribution in [0.5, 0.6) is 0 Å². The zero-order valence-electron chi connectivity index (χ0n) is 19.9. The Morgan fingerprint density at radius 1 is 1.03 bits per heavy atom. The number of halogens is 1. The minimum Gasteiger partial charge on any atom is -0.390 e. The summed E-state index contributed by atoms with van der Waals surface area (Å²) in [4.78, 5) is 13.6. The van der Waals surface area contributed by atoms with Crippen LogP contribution in [-0.4, -0.2) is 30.2 Å². The van der Waals surface area contributed by atoms with E-state index in [-0.39, 0.29) is 16.7 Å². The maximum atomic E-state index is 13.6. The Labute approximate surface area is 198 Å². The summed E-state index contributed by atoms with van der Waals surface area (Å²) in [6.45, 7) is 5.27. The third-order valence-corrected chi connectivity index (χ3v) is 10.8. The lowest BCUT2D eigenvalue weighted by molar-refractivity contribution is -0.173. The summed E-state index contributed by atoms with van der Waals surface area (Å²) in [6, 6.07) is 7.49. The number of ether oxygens (including phenoxy) is 1. The fraction of sp³-hybridized carbons (Fsp3) is 0.750. The van der Waals surface area contributed by atoms with Gasteiger partial charge in [0.25, 0.3) is 0 Å². The average molecular weight is 459 g/mol. The standard InChI is InChI=1S/C28H39ClO3/c1-26(31)14-15-28(17-32-3)19(16-26)6-9-21-22-10-11-24(27(22,2)13-12-23(21)28)25(30)18-4-7-20(29)8-5-18/h4-5,7-8,19,21-24,31H,6,9-17H2,1-3H3/t19-,21-,22-,23-,24+,26+,27-,28+/m0/s1. The molecule has 0 aliphatic heterocycles. The second-order valence-electron chi connectivity index (χ2n) is 12.1. The predicted octanol–water partition coefficient (Wildman–Crippen LogP) is 6.56. The number of benzene rings is 1. The molecule has 4 aliphatic carbocycles. The molecule has 0 radical (unpaired) electrons. The zero-order chi connectivity index (χ0) is 22.7. The van der Waals surface area contributed by atoms with Crippen LogP contribution >= 0.6 is 11.6 Å². The number of carbonyl (C=O) groups excluding carboxylic acids is 1. The van der Waals surface area contributed by atoms with Gasteiger partial charge < -0.3 is 9.84 Å². The molecule has 4 heteroatoms. The summed E-state index contributed by atoms with van der Waals surface area (Å²) in [6.07, 6.45) is 9.85. The molecule has 4 aliphatic rings. The van der Waals surface area contributed by atoms with E-state index in [4.69, 9.17) is 16.3 Å². The number of Topliss-reactive ketones (excluding diaryl/α,β-unsaturated/α-hetero) is 1. The first-order valence-corrected chi connectivity index (χ1v) is 13.1. The van der Waals surface area contributed by atoms with E-state index in [1.54, 1.807) is 0 Å². The minimum atomic E-state index is -0.526. The van der Waals surface area contributed by atoms with Gasteiger partial charge in [0.2, 0.25) is 0 Å². The number of aliphatic hydroxyl groups is 1. The number of ketones is 1. The van der Waals surface area contributed by atoms with E-state index in [1.165, 1.54) is 25.7 Å². The highest BCUT2D eigenvalue weighted by Gasteiger charge is 2.63. The molecule has 1 aromatic carbocycles. The highest BCUT2D eigenvalue weighted by Crippen LogP contribution is 2.68. The number of fused-ring (bicyclic) bond motifs is 5. The summed E-state index contributed by atoms with van der Waals surface area (Å²) >= 11 is 6.07. The molecule has 4 fully saturated rings. The van der Waals surface area contributed by atoms with E-state index in [9.17, 15) is 9.90 Å². The normalized spacial score (nSPS) is 45.6. The Balaban J connectivity index is 1.41. The highest BCUT2D eigenvalue weighted by molar-refractivity contribution is 6.30. The molecular formula is C28H39ClO3. The molecule has 0 unspecified atom stereocenters. The van der Waals surface area contributed by atoms with Crippen LogP contribution in [0.1, 0.15) is 82.0 Å². The maximum absolute atomic E-state index is 13.6. The molecule has 1 aromatic rings. The van der Waals surface area contributed by atoms with E-state index in [0.717, 1.165) is 44.3 Å². The van der Waals surface area contributed by atoms with Crippen LogP contribution in [0.2, 0.25) is 5.02 Å². The van der Waals surface area contributed by atoms with E-state index < -0.39 is 5.60 Å². The molecule has 3 nitrogen and oxygen atoms in total. The SMILES string of the molecule is COC[C@]12CC[C@@](C)(O)C[C@@H]1CC[C@H]1[C@@H]3CC[C@H](C(=O)c4ccc(Cl)cc4)[C@@]3(C)CC[C@@H]12. The largest absolute Gasteiger partial charge is 0.390 e. The van der Waals surface area contributed by atoms with Gasteiger partial charge in [-0.1, -0.05) is 18.5 Å². The van der Waals surface area contributed by atoms with Crippen LogP contribution in [0.3, 0.4) is 0 Å². The minimum absolute atomic E-state index is 0.0964. The first-order valence-electron chi connectivity index (χ1n) is 12.7. The summed E-state index contributed by atoms with van der Waals surface area (Å²) in [5.74, 6) is 2.98. The van der Waals surface area contributed by atoms with Crippen LogP contribution in [-0.2, 0) is 4.74 Å². The third kappa shape index (κ3) is 3.49. The molecule has 5 rings (SSSR count). The van der Waals surface area contributed by atoms with Gasteiger partial charge in [-0.15, -0.1) is 0 Å². The van der Waals surface area contributed by atoms with Crippen LogP contribution in [0.15, 0.2) is 24.3 Å². The Hall–Kier alpha value is -0.900. The van der Waals surface area contributed by atoms with Gasteiger partial charge in [0.15, 0.2) is 5.78 Å². The molecule has 0 heterocycles. The van der Waals surface area contributed by atoms with Crippen molar-refractivity contribution >= 4 is 17.4 Å². The second-order valence-corrected chi connectivity index (χ2v) is 12.5. The fourth-order valence-electron chi connectivity index (χ4n) is 9.03. The summed E-state index contributed by atoms with van der Waals surface area (Å²) < 4.78 is 5.88. The lowest BCUT2D eigenvalue weighted by atomic mass is 9.43. The lowest BCUT2D eigenvalue weighted by Crippen LogP contribution is -2.58. The first-order chi connectivity index (χ1) is 15.2. The van der Waals surface area contributed by atoms with Crippen molar-refractivity contribution in [2.24, 2.45) is 40.4 Å². The highest BCUT2D eigenvalue weighted by atomic mass is 35.5. The molecule has 176 valence electrons. The van der Waals surface area contributed by atoms with E-state index in [1.807, 2.05) is 38.3 Å². The predicted molar refractivity (Wildman–Crippen MR) is 128 cm³/mol. The molecule has 1 N–H and O–H groups in total. The Morgan fingerprint density at radius 2 is 1.78 bits per heavy atom. The van der Waals surface area contributed by atoms with Gasteiger partial charge in [0, 0.05) is 23.6 Å². The second kappa shape index (κ2) is 8.10. The number of carbonyl (C=O) groups is 1. The molecule has 4 saturated carbocycles. The van der Waals surface area contributed by atoms with Gasteiger partial charge >= 0.3 is 0 Å². The van der Waals surface area contributed by atoms with Crippen LogP contribution < -0.4 is 0 Å². The lowest BCUT2D eigenvalue weighted by Gasteiger charge is -2.62. The van der Waals surface area contributed by atoms with E-state index >= 15 is 0 Å². The number of methoxy groups -OCH3 is 1. The van der Waals surface area contributed by atoms with Crippen molar-refractivity contribution in [2.75, 3.05) is 13.7 Å². The Bertz CT molecular complexity index is 864. The quantitative estimate of drug-likeness (QED) is 0.519. The smallest absolute Gasteiger partial charge is 0.166 e. The zero-order valence-corrected chi connectivity index (χ0v) is 20.7. The Kier molecular flexibility index (Phi) is 5.79. The maximum Gasteiger partial charge on any atom is 0.166 e. The molecule has 0 saturated heterocycles. The number of rotatable bonds is 4. The van der Waals surface area contributed by atoms with E-state index in [2.05, 4.69) is 6.92 Å². The van der Waals surface area contributed by atoms with Gasteiger partial charge in [0.1, 0.15) is 0 Å². The van der Waals surface area contributed by atoms with Crippen molar-refractivity contribution in [3.05, 3.63) is 34.9 Å². The van der Waals surface area contributed by atoms with Crippen LogP contribution in [0.25, 0.3) is 0 Å². The number of hydrogen-bond acceptors (Lipinski definition) is 3. The molecular weight excluding hydrogens is 420 g/mol. The van der Waals surface area contributed by atoms with Crippen LogP contribution in [0.4, 0.5) is 0 Å². The molecule has 32 heavy (non-hydrogen) atoms. The molecule has 0 amide bonds. The molecule has 0 spiro atoms. The number of hydrogen-bond donors (Lipinski definition) is 1. The van der Waals surface area contributed by atoms with Crippen molar-refractivity contribution in [1.29, 1.82) is 0 Å². The van der Waals surface area contributed by atoms with Gasteiger partial charge in [-0.3, -0.25) is 4.79 Å².